The van der Waals surface area contributed by atoms with Crippen molar-refractivity contribution in [2.75, 3.05) is 6.54 Å². The average molecular weight is 233 g/mol. The second-order valence-corrected chi connectivity index (χ2v) is 4.30. The van der Waals surface area contributed by atoms with Crippen LogP contribution in [0.3, 0.4) is 0 Å². The highest BCUT2D eigenvalue weighted by atomic mass is 16.4. The first-order valence-electron chi connectivity index (χ1n) is 5.66. The first-order chi connectivity index (χ1) is 8.11. The predicted molar refractivity (Wildman–Crippen MR) is 62.6 cm³/mol. The Labute approximate surface area is 99.9 Å². The van der Waals surface area contributed by atoms with E-state index in [1.165, 1.54) is 11.8 Å². The quantitative estimate of drug-likeness (QED) is 0.841. The number of amides is 1. The van der Waals surface area contributed by atoms with Crippen molar-refractivity contribution in [1.82, 2.24) is 4.90 Å². The molecule has 4 heteroatoms. The summed E-state index contributed by atoms with van der Waals surface area (Å²) in [7, 11) is 0. The van der Waals surface area contributed by atoms with Crippen molar-refractivity contribution < 1.29 is 14.7 Å². The monoisotopic (exact) mass is 233 g/mol. The number of carbonyl (C=O) groups excluding carboxylic acids is 1. The van der Waals surface area contributed by atoms with Gasteiger partial charge in [0.25, 0.3) is 0 Å². The van der Waals surface area contributed by atoms with E-state index in [2.05, 4.69) is 0 Å². The molecule has 0 aromatic heterocycles. The Morgan fingerprint density at radius 2 is 1.94 bits per heavy atom. The molecule has 0 spiro atoms. The average Bonchev–Trinajstić information content (AvgIpc) is 2.74. The van der Waals surface area contributed by atoms with Crippen LogP contribution in [0.2, 0.25) is 0 Å². The van der Waals surface area contributed by atoms with Gasteiger partial charge in [-0.15, -0.1) is 0 Å². The minimum absolute atomic E-state index is 0.0994. The molecule has 1 N–H and O–H groups in total. The maximum absolute atomic E-state index is 11.4. The molecule has 1 saturated heterocycles. The van der Waals surface area contributed by atoms with E-state index in [1.54, 1.807) is 0 Å². The molecule has 2 atom stereocenters. The number of nitrogens with zero attached hydrogens (tertiary/aromatic N) is 1. The van der Waals surface area contributed by atoms with Crippen LogP contribution in [0.25, 0.3) is 0 Å². The van der Waals surface area contributed by atoms with Gasteiger partial charge in [-0.2, -0.15) is 0 Å². The SMILES string of the molecule is CC(=O)N1CC[C@H](c2ccccc2)[C@@H]1C(=O)O. The summed E-state index contributed by atoms with van der Waals surface area (Å²) in [6.07, 6.45) is 0.709. The lowest BCUT2D eigenvalue weighted by Crippen LogP contribution is -2.41. The lowest BCUT2D eigenvalue weighted by atomic mass is 9.92. The van der Waals surface area contributed by atoms with Crippen LogP contribution in [-0.4, -0.2) is 34.5 Å². The summed E-state index contributed by atoms with van der Waals surface area (Å²) < 4.78 is 0. The number of hydrogen-bond acceptors (Lipinski definition) is 2. The van der Waals surface area contributed by atoms with Crippen LogP contribution in [-0.2, 0) is 9.59 Å². The molecule has 0 unspecified atom stereocenters. The predicted octanol–water partition coefficient (Wildman–Crippen LogP) is 1.48. The van der Waals surface area contributed by atoms with E-state index in [0.29, 0.717) is 13.0 Å². The van der Waals surface area contributed by atoms with Gasteiger partial charge in [-0.25, -0.2) is 4.79 Å². The first-order valence-corrected chi connectivity index (χ1v) is 5.66. The van der Waals surface area contributed by atoms with Crippen LogP contribution in [0.1, 0.15) is 24.8 Å². The summed E-state index contributed by atoms with van der Waals surface area (Å²) >= 11 is 0. The van der Waals surface area contributed by atoms with Crippen LogP contribution in [0.4, 0.5) is 0 Å². The van der Waals surface area contributed by atoms with Gasteiger partial charge in [0, 0.05) is 19.4 Å². The van der Waals surface area contributed by atoms with Crippen LogP contribution in [0.15, 0.2) is 30.3 Å². The van der Waals surface area contributed by atoms with E-state index in [4.69, 9.17) is 0 Å². The topological polar surface area (TPSA) is 57.6 Å². The number of likely N-dealkylation sites (tertiary alicyclic amines) is 1. The van der Waals surface area contributed by atoms with Crippen LogP contribution < -0.4 is 0 Å². The number of carboxylic acid groups (broad SMARTS) is 1. The Bertz CT molecular complexity index is 430. The smallest absolute Gasteiger partial charge is 0.327 e. The highest BCUT2D eigenvalue weighted by Crippen LogP contribution is 2.33. The van der Waals surface area contributed by atoms with Gasteiger partial charge in [-0.3, -0.25) is 4.79 Å². The van der Waals surface area contributed by atoms with Gasteiger partial charge in [0.2, 0.25) is 5.91 Å². The van der Waals surface area contributed by atoms with E-state index in [0.717, 1.165) is 5.56 Å². The molecule has 1 aromatic rings. The number of rotatable bonds is 2. The minimum Gasteiger partial charge on any atom is -0.480 e. The normalized spacial score (nSPS) is 23.7. The third kappa shape index (κ3) is 2.16. The zero-order valence-corrected chi connectivity index (χ0v) is 9.67. The Hall–Kier alpha value is -1.84. The second-order valence-electron chi connectivity index (χ2n) is 4.30. The molecule has 1 amide bonds. The summed E-state index contributed by atoms with van der Waals surface area (Å²) in [6, 6.07) is 8.80. The number of carbonyl (C=O) groups is 2. The maximum atomic E-state index is 11.4. The van der Waals surface area contributed by atoms with Crippen molar-refractivity contribution in [3.63, 3.8) is 0 Å². The molecule has 1 aliphatic rings. The summed E-state index contributed by atoms with van der Waals surface area (Å²) in [6.45, 7) is 1.94. The summed E-state index contributed by atoms with van der Waals surface area (Å²) in [4.78, 5) is 24.2. The third-order valence-corrected chi connectivity index (χ3v) is 3.28. The largest absolute Gasteiger partial charge is 0.480 e. The minimum atomic E-state index is -0.924. The van der Waals surface area contributed by atoms with Gasteiger partial charge in [-0.05, 0) is 12.0 Å². The van der Waals surface area contributed by atoms with Gasteiger partial charge in [0.15, 0.2) is 0 Å². The molecule has 4 nitrogen and oxygen atoms in total. The number of benzene rings is 1. The van der Waals surface area contributed by atoms with Crippen molar-refractivity contribution in [1.29, 1.82) is 0 Å². The molecule has 0 radical (unpaired) electrons. The zero-order chi connectivity index (χ0) is 12.4. The van der Waals surface area contributed by atoms with E-state index in [1.807, 2.05) is 30.3 Å². The Morgan fingerprint density at radius 1 is 1.29 bits per heavy atom. The van der Waals surface area contributed by atoms with Gasteiger partial charge in [-0.1, -0.05) is 30.3 Å². The Morgan fingerprint density at radius 3 is 2.47 bits per heavy atom. The molecule has 1 heterocycles. The van der Waals surface area contributed by atoms with Crippen molar-refractivity contribution in [2.24, 2.45) is 0 Å². The third-order valence-electron chi connectivity index (χ3n) is 3.28. The molecule has 0 saturated carbocycles. The fourth-order valence-electron chi connectivity index (χ4n) is 2.50. The van der Waals surface area contributed by atoms with Crippen LogP contribution >= 0.6 is 0 Å². The molecule has 1 aromatic carbocycles. The van der Waals surface area contributed by atoms with Gasteiger partial charge in [0.1, 0.15) is 6.04 Å². The molecular weight excluding hydrogens is 218 g/mol. The molecule has 0 aliphatic carbocycles. The van der Waals surface area contributed by atoms with Crippen LogP contribution in [0, 0.1) is 0 Å². The second kappa shape index (κ2) is 4.57. The highest BCUT2D eigenvalue weighted by molar-refractivity contribution is 5.84. The number of aliphatic carboxylic acids is 1. The molecule has 1 fully saturated rings. The Balaban J connectivity index is 2.30. The van der Waals surface area contributed by atoms with Gasteiger partial charge in [0.05, 0.1) is 0 Å². The molecule has 2 rings (SSSR count). The lowest BCUT2D eigenvalue weighted by Gasteiger charge is -2.23. The summed E-state index contributed by atoms with van der Waals surface area (Å²) in [5.41, 5.74) is 0.989. The van der Waals surface area contributed by atoms with E-state index < -0.39 is 12.0 Å². The van der Waals surface area contributed by atoms with Crippen molar-refractivity contribution in [3.05, 3.63) is 35.9 Å². The standard InChI is InChI=1S/C13H15NO3/c1-9(15)14-8-7-11(12(14)13(16)17)10-5-3-2-4-6-10/h2-6,11-12H,7-8H2,1H3,(H,16,17)/t11-,12-/m1/s1. The zero-order valence-electron chi connectivity index (χ0n) is 9.67. The number of hydrogen-bond donors (Lipinski definition) is 1. The molecular formula is C13H15NO3. The lowest BCUT2D eigenvalue weighted by molar-refractivity contribution is -0.147. The number of carboxylic acids is 1. The fourth-order valence-corrected chi connectivity index (χ4v) is 2.50. The highest BCUT2D eigenvalue weighted by Gasteiger charge is 2.41. The van der Waals surface area contributed by atoms with E-state index >= 15 is 0 Å². The summed E-state index contributed by atoms with van der Waals surface area (Å²) in [5.74, 6) is -1.19. The molecule has 90 valence electrons. The van der Waals surface area contributed by atoms with Crippen molar-refractivity contribution in [3.8, 4) is 0 Å². The van der Waals surface area contributed by atoms with Gasteiger partial charge < -0.3 is 10.0 Å². The molecule has 0 bridgehead atoms. The molecule has 17 heavy (non-hydrogen) atoms. The van der Waals surface area contributed by atoms with E-state index in [-0.39, 0.29) is 11.8 Å². The Kier molecular flexibility index (Phi) is 3.13. The van der Waals surface area contributed by atoms with Crippen molar-refractivity contribution >= 4 is 11.9 Å². The first kappa shape index (κ1) is 11.6. The van der Waals surface area contributed by atoms with Gasteiger partial charge >= 0.3 is 5.97 Å². The van der Waals surface area contributed by atoms with Crippen molar-refractivity contribution in [2.45, 2.75) is 25.3 Å². The van der Waals surface area contributed by atoms with Crippen LogP contribution in [0.5, 0.6) is 0 Å². The maximum Gasteiger partial charge on any atom is 0.327 e. The molecule has 1 aliphatic heterocycles. The fraction of sp³-hybridized carbons (Fsp3) is 0.385. The van der Waals surface area contributed by atoms with E-state index in [9.17, 15) is 14.7 Å². The summed E-state index contributed by atoms with van der Waals surface area (Å²) in [5, 5.41) is 9.27.